The number of imidazole rings is 1. The van der Waals surface area contributed by atoms with Gasteiger partial charge in [0, 0.05) is 6.20 Å². The summed E-state index contributed by atoms with van der Waals surface area (Å²) < 4.78 is 1.84. The van der Waals surface area contributed by atoms with Crippen molar-refractivity contribution in [2.45, 2.75) is 13.3 Å². The number of rotatable bonds is 2. The van der Waals surface area contributed by atoms with Gasteiger partial charge in [0.1, 0.15) is 0 Å². The van der Waals surface area contributed by atoms with Crippen LogP contribution in [0.5, 0.6) is 0 Å². The molecule has 0 atom stereocenters. The van der Waals surface area contributed by atoms with Crippen molar-refractivity contribution >= 4 is 11.5 Å². The summed E-state index contributed by atoms with van der Waals surface area (Å²) in [6, 6.07) is 3.64. The Hall–Kier alpha value is -1.84. The zero-order valence-electron chi connectivity index (χ0n) is 7.77. The molecular formula is C10H10N2O2. The highest BCUT2D eigenvalue weighted by atomic mass is 16.4. The van der Waals surface area contributed by atoms with E-state index in [-0.39, 0.29) is 6.42 Å². The topological polar surface area (TPSA) is 54.6 Å². The van der Waals surface area contributed by atoms with Gasteiger partial charge in [-0.15, -0.1) is 0 Å². The third-order valence-electron chi connectivity index (χ3n) is 2.17. The van der Waals surface area contributed by atoms with Crippen LogP contribution >= 0.6 is 0 Å². The summed E-state index contributed by atoms with van der Waals surface area (Å²) in [6.07, 6.45) is 3.59. The van der Waals surface area contributed by atoms with Gasteiger partial charge in [-0.25, -0.2) is 4.98 Å². The first kappa shape index (κ1) is 8.74. The highest BCUT2D eigenvalue weighted by Gasteiger charge is 2.08. The predicted molar refractivity (Wildman–Crippen MR) is 51.3 cm³/mol. The molecule has 2 aromatic heterocycles. The standard InChI is InChI=1S/C10H10N2O2/c1-7-10-8(5-9(13)14)3-2-4-12(10)6-11-7/h2-4,6H,5H2,1H3,(H,13,14). The number of aryl methyl sites for hydroxylation is 1. The van der Waals surface area contributed by atoms with E-state index in [1.807, 2.05) is 29.7 Å². The fourth-order valence-corrected chi connectivity index (χ4v) is 1.60. The lowest BCUT2D eigenvalue weighted by atomic mass is 10.1. The maximum absolute atomic E-state index is 10.6. The maximum atomic E-state index is 10.6. The number of hydrogen-bond donors (Lipinski definition) is 1. The first-order chi connectivity index (χ1) is 6.68. The van der Waals surface area contributed by atoms with Gasteiger partial charge in [0.15, 0.2) is 0 Å². The Labute approximate surface area is 80.8 Å². The quantitative estimate of drug-likeness (QED) is 0.775. The number of fused-ring (bicyclic) bond motifs is 1. The summed E-state index contributed by atoms with van der Waals surface area (Å²) in [4.78, 5) is 14.7. The second kappa shape index (κ2) is 3.14. The van der Waals surface area contributed by atoms with E-state index in [0.29, 0.717) is 0 Å². The first-order valence-electron chi connectivity index (χ1n) is 4.31. The minimum Gasteiger partial charge on any atom is -0.481 e. The van der Waals surface area contributed by atoms with Crippen LogP contribution in [0, 0.1) is 6.92 Å². The Morgan fingerprint density at radius 1 is 1.64 bits per heavy atom. The molecule has 0 bridgehead atoms. The molecular weight excluding hydrogens is 180 g/mol. The van der Waals surface area contributed by atoms with Crippen LogP contribution < -0.4 is 0 Å². The van der Waals surface area contributed by atoms with Crippen molar-refractivity contribution in [1.29, 1.82) is 0 Å². The van der Waals surface area contributed by atoms with Crippen molar-refractivity contribution in [3.8, 4) is 0 Å². The number of carboxylic acid groups (broad SMARTS) is 1. The van der Waals surface area contributed by atoms with Crippen LogP contribution in [-0.2, 0) is 11.2 Å². The lowest BCUT2D eigenvalue weighted by molar-refractivity contribution is -0.136. The van der Waals surface area contributed by atoms with Crippen LogP contribution in [0.1, 0.15) is 11.3 Å². The van der Waals surface area contributed by atoms with Gasteiger partial charge in [0.05, 0.1) is 24.0 Å². The molecule has 2 aromatic rings. The van der Waals surface area contributed by atoms with Crippen molar-refractivity contribution in [2.24, 2.45) is 0 Å². The Morgan fingerprint density at radius 2 is 2.43 bits per heavy atom. The van der Waals surface area contributed by atoms with Crippen LogP contribution in [0.4, 0.5) is 0 Å². The molecule has 0 amide bonds. The van der Waals surface area contributed by atoms with Crippen LogP contribution in [-0.4, -0.2) is 20.5 Å². The third-order valence-corrected chi connectivity index (χ3v) is 2.17. The lowest BCUT2D eigenvalue weighted by Gasteiger charge is -2.01. The summed E-state index contributed by atoms with van der Waals surface area (Å²) in [6.45, 7) is 1.88. The number of aromatic nitrogens is 2. The Bertz CT molecular complexity index is 488. The molecule has 0 saturated carbocycles. The van der Waals surface area contributed by atoms with Crippen molar-refractivity contribution < 1.29 is 9.90 Å². The summed E-state index contributed by atoms with van der Waals surface area (Å²) >= 11 is 0. The number of aliphatic carboxylic acids is 1. The highest BCUT2D eigenvalue weighted by Crippen LogP contribution is 2.14. The van der Waals surface area contributed by atoms with Gasteiger partial charge in [-0.2, -0.15) is 0 Å². The van der Waals surface area contributed by atoms with Crippen LogP contribution in [0.3, 0.4) is 0 Å². The van der Waals surface area contributed by atoms with Gasteiger partial charge in [0.2, 0.25) is 0 Å². The van der Waals surface area contributed by atoms with E-state index < -0.39 is 5.97 Å². The van der Waals surface area contributed by atoms with E-state index in [9.17, 15) is 4.79 Å². The van der Waals surface area contributed by atoms with E-state index in [1.54, 1.807) is 6.33 Å². The second-order valence-corrected chi connectivity index (χ2v) is 3.19. The smallest absolute Gasteiger partial charge is 0.307 e. The number of nitrogens with zero attached hydrogens (tertiary/aromatic N) is 2. The fourth-order valence-electron chi connectivity index (χ4n) is 1.60. The van der Waals surface area contributed by atoms with Gasteiger partial charge < -0.3 is 9.51 Å². The van der Waals surface area contributed by atoms with E-state index in [4.69, 9.17) is 5.11 Å². The van der Waals surface area contributed by atoms with Crippen molar-refractivity contribution in [3.63, 3.8) is 0 Å². The molecule has 0 aliphatic carbocycles. The van der Waals surface area contributed by atoms with Crippen LogP contribution in [0.2, 0.25) is 0 Å². The normalized spacial score (nSPS) is 10.6. The zero-order chi connectivity index (χ0) is 10.1. The average molecular weight is 190 g/mol. The number of carbonyl (C=O) groups is 1. The zero-order valence-corrected chi connectivity index (χ0v) is 7.77. The molecule has 0 saturated heterocycles. The summed E-state index contributed by atoms with van der Waals surface area (Å²) in [5, 5.41) is 8.73. The minimum atomic E-state index is -0.821. The van der Waals surface area contributed by atoms with Crippen molar-refractivity contribution in [3.05, 3.63) is 35.9 Å². The molecule has 0 spiro atoms. The molecule has 0 unspecified atom stereocenters. The van der Waals surface area contributed by atoms with E-state index >= 15 is 0 Å². The van der Waals surface area contributed by atoms with Crippen LogP contribution in [0.25, 0.3) is 5.52 Å². The minimum absolute atomic E-state index is 0.0386. The fraction of sp³-hybridized carbons (Fsp3) is 0.200. The van der Waals surface area contributed by atoms with Crippen molar-refractivity contribution in [2.75, 3.05) is 0 Å². The Kier molecular flexibility index (Phi) is 1.96. The second-order valence-electron chi connectivity index (χ2n) is 3.19. The van der Waals surface area contributed by atoms with Crippen LogP contribution in [0.15, 0.2) is 24.7 Å². The predicted octanol–water partition coefficient (Wildman–Crippen LogP) is 1.27. The number of hydrogen-bond acceptors (Lipinski definition) is 2. The van der Waals surface area contributed by atoms with Gasteiger partial charge in [-0.3, -0.25) is 4.79 Å². The van der Waals surface area contributed by atoms with E-state index in [1.165, 1.54) is 0 Å². The van der Waals surface area contributed by atoms with Gasteiger partial charge in [0.25, 0.3) is 0 Å². The van der Waals surface area contributed by atoms with Gasteiger partial charge >= 0.3 is 5.97 Å². The summed E-state index contributed by atoms with van der Waals surface area (Å²) in [5.74, 6) is -0.821. The molecule has 0 aliphatic heterocycles. The van der Waals surface area contributed by atoms with E-state index in [0.717, 1.165) is 16.8 Å². The SMILES string of the molecule is Cc1ncn2cccc(CC(=O)O)c12. The molecule has 0 fully saturated rings. The molecule has 0 aromatic carbocycles. The largest absolute Gasteiger partial charge is 0.481 e. The summed E-state index contributed by atoms with van der Waals surface area (Å²) in [5.41, 5.74) is 2.56. The molecule has 1 N–H and O–H groups in total. The summed E-state index contributed by atoms with van der Waals surface area (Å²) in [7, 11) is 0. The van der Waals surface area contributed by atoms with E-state index in [2.05, 4.69) is 4.98 Å². The molecule has 2 heterocycles. The number of pyridine rings is 1. The van der Waals surface area contributed by atoms with Gasteiger partial charge in [-0.05, 0) is 18.6 Å². The molecule has 0 radical (unpaired) electrons. The average Bonchev–Trinajstić information content (AvgIpc) is 2.48. The van der Waals surface area contributed by atoms with Gasteiger partial charge in [-0.1, -0.05) is 6.07 Å². The molecule has 4 nitrogen and oxygen atoms in total. The molecule has 2 rings (SSSR count). The number of carboxylic acids is 1. The lowest BCUT2D eigenvalue weighted by Crippen LogP contribution is -2.02. The molecule has 14 heavy (non-hydrogen) atoms. The molecule has 72 valence electrons. The first-order valence-corrected chi connectivity index (χ1v) is 4.31. The molecule has 4 heteroatoms. The monoisotopic (exact) mass is 190 g/mol. The Balaban J connectivity index is 2.63. The van der Waals surface area contributed by atoms with Crippen molar-refractivity contribution in [1.82, 2.24) is 9.38 Å². The maximum Gasteiger partial charge on any atom is 0.307 e. The highest BCUT2D eigenvalue weighted by molar-refractivity contribution is 5.75. The third kappa shape index (κ3) is 1.35. The molecule has 0 aliphatic rings. The Morgan fingerprint density at radius 3 is 3.14 bits per heavy atom.